The summed E-state index contributed by atoms with van der Waals surface area (Å²) in [6.07, 6.45) is 1.98. The first-order chi connectivity index (χ1) is 11.4. The lowest BCUT2D eigenvalue weighted by Crippen LogP contribution is -2.29. The van der Waals surface area contributed by atoms with Gasteiger partial charge in [0.2, 0.25) is 0 Å². The molecule has 2 aromatic rings. The van der Waals surface area contributed by atoms with Crippen LogP contribution in [-0.4, -0.2) is 32.3 Å². The Morgan fingerprint density at radius 2 is 1.92 bits per heavy atom. The van der Waals surface area contributed by atoms with Gasteiger partial charge in [0.25, 0.3) is 15.9 Å². The molecule has 1 aromatic heterocycles. The molecule has 0 radical (unpaired) electrons. The van der Waals surface area contributed by atoms with Gasteiger partial charge in [0.15, 0.2) is 0 Å². The fraction of sp³-hybridized carbons (Fsp3) is 0.312. The van der Waals surface area contributed by atoms with Gasteiger partial charge in [-0.1, -0.05) is 12.1 Å². The van der Waals surface area contributed by atoms with Crippen LogP contribution >= 0.6 is 27.3 Å². The summed E-state index contributed by atoms with van der Waals surface area (Å²) < 4.78 is 28.8. The van der Waals surface area contributed by atoms with Gasteiger partial charge in [0.1, 0.15) is 4.21 Å². The summed E-state index contributed by atoms with van der Waals surface area (Å²) in [6, 6.07) is 8.47. The van der Waals surface area contributed by atoms with Gasteiger partial charge in [-0.3, -0.25) is 9.52 Å². The quantitative estimate of drug-likeness (QED) is 0.803. The van der Waals surface area contributed by atoms with Gasteiger partial charge in [0.05, 0.1) is 15.0 Å². The summed E-state index contributed by atoms with van der Waals surface area (Å²) >= 11 is 4.40. The van der Waals surface area contributed by atoms with E-state index in [-0.39, 0.29) is 10.1 Å². The summed E-state index contributed by atoms with van der Waals surface area (Å²) in [5, 5.41) is 0. The number of nitrogens with one attached hydrogen (secondary N) is 1. The number of benzene rings is 1. The molecule has 0 spiro atoms. The van der Waals surface area contributed by atoms with Gasteiger partial charge in [-0.05, 0) is 59.5 Å². The molecule has 1 amide bonds. The van der Waals surface area contributed by atoms with Crippen molar-refractivity contribution in [3.8, 4) is 0 Å². The number of carbonyl (C=O) groups is 1. The van der Waals surface area contributed by atoms with E-state index in [0.717, 1.165) is 46.6 Å². The van der Waals surface area contributed by atoms with Crippen molar-refractivity contribution < 1.29 is 13.2 Å². The standard InChI is InChI=1S/C16H17BrN2O3S2/c1-11-5-4-6-12(16(20)19-9-2-3-10-19)15(11)18-24(21,22)14-8-7-13(17)23-14/h4-8,18H,2-3,9-10H2,1H3. The van der Waals surface area contributed by atoms with E-state index in [1.807, 2.05) is 0 Å². The van der Waals surface area contributed by atoms with Crippen LogP contribution < -0.4 is 4.72 Å². The van der Waals surface area contributed by atoms with Gasteiger partial charge in [0, 0.05) is 13.1 Å². The number of hydrogen-bond donors (Lipinski definition) is 1. The summed E-state index contributed by atoms with van der Waals surface area (Å²) in [4.78, 5) is 14.5. The molecule has 1 aliphatic rings. The van der Waals surface area contributed by atoms with Crippen molar-refractivity contribution in [3.05, 3.63) is 45.2 Å². The van der Waals surface area contributed by atoms with E-state index < -0.39 is 10.0 Å². The Bertz CT molecular complexity index is 871. The van der Waals surface area contributed by atoms with E-state index in [1.54, 1.807) is 36.1 Å². The number of anilines is 1. The SMILES string of the molecule is Cc1cccc(C(=O)N2CCCC2)c1NS(=O)(=O)c1ccc(Br)s1. The molecule has 1 N–H and O–H groups in total. The van der Waals surface area contributed by atoms with Crippen LogP contribution in [0.4, 0.5) is 5.69 Å². The molecule has 2 heterocycles. The van der Waals surface area contributed by atoms with E-state index in [9.17, 15) is 13.2 Å². The first-order valence-corrected chi connectivity index (χ1v) is 10.6. The molecule has 24 heavy (non-hydrogen) atoms. The predicted molar refractivity (Wildman–Crippen MR) is 99.1 cm³/mol. The number of carbonyl (C=O) groups excluding carboxylic acids is 1. The minimum atomic E-state index is -3.73. The zero-order valence-electron chi connectivity index (χ0n) is 13.1. The van der Waals surface area contributed by atoms with Crippen molar-refractivity contribution >= 4 is 48.9 Å². The number of amides is 1. The maximum atomic E-state index is 12.7. The molecule has 0 unspecified atom stereocenters. The van der Waals surface area contributed by atoms with Gasteiger partial charge < -0.3 is 4.90 Å². The number of likely N-dealkylation sites (tertiary alicyclic amines) is 1. The molecule has 0 bridgehead atoms. The number of hydrogen-bond acceptors (Lipinski definition) is 4. The molecule has 3 rings (SSSR count). The van der Waals surface area contributed by atoms with E-state index >= 15 is 0 Å². The van der Waals surface area contributed by atoms with Crippen molar-refractivity contribution in [2.45, 2.75) is 24.0 Å². The highest BCUT2D eigenvalue weighted by molar-refractivity contribution is 9.11. The zero-order valence-corrected chi connectivity index (χ0v) is 16.3. The number of thiophene rings is 1. The number of sulfonamides is 1. The number of para-hydroxylation sites is 1. The molecule has 0 aliphatic carbocycles. The van der Waals surface area contributed by atoms with Crippen molar-refractivity contribution in [2.24, 2.45) is 0 Å². The third kappa shape index (κ3) is 3.50. The maximum absolute atomic E-state index is 12.7. The molecule has 1 aliphatic heterocycles. The lowest BCUT2D eigenvalue weighted by Gasteiger charge is -2.19. The molecule has 8 heteroatoms. The molecule has 128 valence electrons. The normalized spacial score (nSPS) is 14.8. The van der Waals surface area contributed by atoms with Crippen molar-refractivity contribution in [2.75, 3.05) is 17.8 Å². The van der Waals surface area contributed by atoms with Gasteiger partial charge >= 0.3 is 0 Å². The molecular weight excluding hydrogens is 412 g/mol. The van der Waals surface area contributed by atoms with Crippen LogP contribution in [0.1, 0.15) is 28.8 Å². The Balaban J connectivity index is 1.97. The highest BCUT2D eigenvalue weighted by Gasteiger charge is 2.25. The summed E-state index contributed by atoms with van der Waals surface area (Å²) in [5.74, 6) is -0.124. The minimum Gasteiger partial charge on any atom is -0.339 e. The molecule has 5 nitrogen and oxygen atoms in total. The lowest BCUT2D eigenvalue weighted by atomic mass is 10.1. The fourth-order valence-electron chi connectivity index (χ4n) is 2.70. The summed E-state index contributed by atoms with van der Waals surface area (Å²) in [7, 11) is -3.73. The van der Waals surface area contributed by atoms with Crippen molar-refractivity contribution in [1.29, 1.82) is 0 Å². The second kappa shape index (κ2) is 6.85. The first kappa shape index (κ1) is 17.4. The van der Waals surface area contributed by atoms with Gasteiger partial charge in [-0.15, -0.1) is 11.3 Å². The van der Waals surface area contributed by atoms with Crippen LogP contribution in [0.25, 0.3) is 0 Å². The Morgan fingerprint density at radius 1 is 1.21 bits per heavy atom. The van der Waals surface area contributed by atoms with Crippen LogP contribution in [0, 0.1) is 6.92 Å². The number of aryl methyl sites for hydroxylation is 1. The summed E-state index contributed by atoms with van der Waals surface area (Å²) in [6.45, 7) is 3.23. The Kier molecular flexibility index (Phi) is 4.98. The van der Waals surface area contributed by atoms with Crippen molar-refractivity contribution in [1.82, 2.24) is 4.90 Å². The Labute approximate surface area is 153 Å². The second-order valence-corrected chi connectivity index (χ2v) is 10.0. The topological polar surface area (TPSA) is 66.5 Å². The Morgan fingerprint density at radius 3 is 2.54 bits per heavy atom. The molecule has 1 saturated heterocycles. The smallest absolute Gasteiger partial charge is 0.271 e. The van der Waals surface area contributed by atoms with E-state index in [4.69, 9.17) is 0 Å². The number of nitrogens with zero attached hydrogens (tertiary/aromatic N) is 1. The molecule has 1 aromatic carbocycles. The van der Waals surface area contributed by atoms with Crippen molar-refractivity contribution in [3.63, 3.8) is 0 Å². The third-order valence-electron chi connectivity index (χ3n) is 3.95. The van der Waals surface area contributed by atoms with Crippen LogP contribution in [-0.2, 0) is 10.0 Å². The highest BCUT2D eigenvalue weighted by atomic mass is 79.9. The fourth-order valence-corrected chi connectivity index (χ4v) is 5.86. The average Bonchev–Trinajstić information content (AvgIpc) is 3.20. The monoisotopic (exact) mass is 428 g/mol. The number of rotatable bonds is 4. The molecular formula is C16H17BrN2O3S2. The molecule has 0 saturated carbocycles. The Hall–Kier alpha value is -1.38. The molecule has 0 atom stereocenters. The van der Waals surface area contributed by atoms with Crippen LogP contribution in [0.15, 0.2) is 38.3 Å². The average molecular weight is 429 g/mol. The zero-order chi connectivity index (χ0) is 17.3. The van der Waals surface area contributed by atoms with Crippen LogP contribution in [0.3, 0.4) is 0 Å². The minimum absolute atomic E-state index is 0.124. The second-order valence-electron chi connectivity index (χ2n) is 5.66. The first-order valence-electron chi connectivity index (χ1n) is 7.55. The maximum Gasteiger partial charge on any atom is 0.271 e. The predicted octanol–water partition coefficient (Wildman–Crippen LogP) is 3.86. The van der Waals surface area contributed by atoms with E-state index in [2.05, 4.69) is 20.7 Å². The van der Waals surface area contributed by atoms with E-state index in [0.29, 0.717) is 11.3 Å². The highest BCUT2D eigenvalue weighted by Crippen LogP contribution is 2.30. The largest absolute Gasteiger partial charge is 0.339 e. The van der Waals surface area contributed by atoms with E-state index in [1.165, 1.54) is 6.07 Å². The third-order valence-corrected chi connectivity index (χ3v) is 7.41. The van der Waals surface area contributed by atoms with Crippen LogP contribution in [0.2, 0.25) is 0 Å². The molecule has 1 fully saturated rings. The van der Waals surface area contributed by atoms with Crippen LogP contribution in [0.5, 0.6) is 0 Å². The van der Waals surface area contributed by atoms with Gasteiger partial charge in [-0.2, -0.15) is 0 Å². The van der Waals surface area contributed by atoms with Gasteiger partial charge in [-0.25, -0.2) is 8.42 Å². The summed E-state index contributed by atoms with van der Waals surface area (Å²) in [5.41, 5.74) is 1.48. The lowest BCUT2D eigenvalue weighted by molar-refractivity contribution is 0.0794. The number of halogens is 1.